The van der Waals surface area contributed by atoms with Gasteiger partial charge in [-0.15, -0.1) is 0 Å². The number of aliphatic carboxylic acids is 1. The highest BCUT2D eigenvalue weighted by atomic mass is 16.5. The number of benzene rings is 1. The van der Waals surface area contributed by atoms with E-state index in [9.17, 15) is 9.59 Å². The monoisotopic (exact) mass is 267 g/mol. The van der Waals surface area contributed by atoms with Crippen LogP contribution < -0.4 is 9.47 Å². The van der Waals surface area contributed by atoms with Crippen LogP contribution in [0.5, 0.6) is 11.5 Å². The maximum absolute atomic E-state index is 12.2. The molecule has 0 aliphatic heterocycles. The zero-order chi connectivity index (χ0) is 14.6. The molecule has 1 aromatic carbocycles. The van der Waals surface area contributed by atoms with Gasteiger partial charge in [0.1, 0.15) is 17.5 Å². The number of hydrogen-bond donors (Lipinski definition) is 1. The van der Waals surface area contributed by atoms with Crippen LogP contribution in [0.3, 0.4) is 0 Å². The summed E-state index contributed by atoms with van der Waals surface area (Å²) in [5, 5.41) is 8.91. The summed E-state index contributed by atoms with van der Waals surface area (Å²) in [6.07, 6.45) is 0. The number of amides is 1. The highest BCUT2D eigenvalue weighted by Gasteiger charge is 2.25. The number of carbonyl (C=O) groups is 2. The fourth-order valence-electron chi connectivity index (χ4n) is 1.51. The molecule has 0 saturated heterocycles. The third-order valence-corrected chi connectivity index (χ3v) is 2.90. The lowest BCUT2D eigenvalue weighted by Gasteiger charge is -2.22. The minimum absolute atomic E-state index is 0.291. The van der Waals surface area contributed by atoms with E-state index in [4.69, 9.17) is 14.6 Å². The number of likely N-dealkylation sites (N-methyl/N-ethyl adjacent to an activating group) is 1. The van der Waals surface area contributed by atoms with Gasteiger partial charge >= 0.3 is 5.97 Å². The van der Waals surface area contributed by atoms with Crippen molar-refractivity contribution in [2.24, 2.45) is 0 Å². The summed E-state index contributed by atoms with van der Waals surface area (Å²) in [7, 11) is 4.38. The Morgan fingerprint density at radius 3 is 2.37 bits per heavy atom. The number of methoxy groups -OCH3 is 2. The van der Waals surface area contributed by atoms with Gasteiger partial charge in [-0.05, 0) is 19.1 Å². The van der Waals surface area contributed by atoms with Crippen LogP contribution in [0, 0.1) is 0 Å². The third-order valence-electron chi connectivity index (χ3n) is 2.90. The normalized spacial score (nSPS) is 11.6. The van der Waals surface area contributed by atoms with Gasteiger partial charge in [0.05, 0.1) is 19.8 Å². The predicted octanol–water partition coefficient (Wildman–Crippen LogP) is 1.25. The largest absolute Gasteiger partial charge is 0.497 e. The first kappa shape index (κ1) is 14.8. The van der Waals surface area contributed by atoms with Gasteiger partial charge in [0.2, 0.25) is 0 Å². The van der Waals surface area contributed by atoms with Crippen LogP contribution in [0.2, 0.25) is 0 Å². The van der Waals surface area contributed by atoms with Gasteiger partial charge in [-0.2, -0.15) is 0 Å². The Hall–Kier alpha value is -2.24. The first-order chi connectivity index (χ1) is 8.92. The number of ether oxygens (including phenoxy) is 2. The molecule has 0 radical (unpaired) electrons. The lowest BCUT2D eigenvalue weighted by Crippen LogP contribution is -2.40. The zero-order valence-corrected chi connectivity index (χ0v) is 11.3. The molecule has 0 spiro atoms. The minimum atomic E-state index is -1.07. The molecule has 0 saturated carbocycles. The maximum atomic E-state index is 12.2. The Bertz CT molecular complexity index is 486. The van der Waals surface area contributed by atoms with Crippen molar-refractivity contribution in [3.63, 3.8) is 0 Å². The van der Waals surface area contributed by atoms with E-state index in [0.717, 1.165) is 4.90 Å². The Morgan fingerprint density at radius 2 is 1.89 bits per heavy atom. The van der Waals surface area contributed by atoms with Gasteiger partial charge in [0, 0.05) is 13.1 Å². The summed E-state index contributed by atoms with van der Waals surface area (Å²) in [4.78, 5) is 24.2. The van der Waals surface area contributed by atoms with Crippen molar-refractivity contribution in [1.29, 1.82) is 0 Å². The molecular weight excluding hydrogens is 250 g/mol. The van der Waals surface area contributed by atoms with Crippen molar-refractivity contribution in [3.05, 3.63) is 23.8 Å². The van der Waals surface area contributed by atoms with Gasteiger partial charge in [-0.1, -0.05) is 0 Å². The van der Waals surface area contributed by atoms with Gasteiger partial charge in [-0.3, -0.25) is 4.79 Å². The lowest BCUT2D eigenvalue weighted by atomic mass is 10.1. The van der Waals surface area contributed by atoms with Gasteiger partial charge in [0.15, 0.2) is 0 Å². The van der Waals surface area contributed by atoms with E-state index >= 15 is 0 Å². The fraction of sp³-hybridized carbons (Fsp3) is 0.385. The molecule has 6 nitrogen and oxygen atoms in total. The van der Waals surface area contributed by atoms with E-state index < -0.39 is 17.9 Å². The third kappa shape index (κ3) is 3.15. The van der Waals surface area contributed by atoms with Crippen LogP contribution in [0.4, 0.5) is 0 Å². The predicted molar refractivity (Wildman–Crippen MR) is 68.7 cm³/mol. The molecule has 1 atom stereocenters. The number of carboxylic acid groups (broad SMARTS) is 1. The van der Waals surface area contributed by atoms with Crippen LogP contribution >= 0.6 is 0 Å². The second kappa shape index (κ2) is 6.08. The first-order valence-corrected chi connectivity index (χ1v) is 5.64. The van der Waals surface area contributed by atoms with E-state index in [1.807, 2.05) is 0 Å². The SMILES string of the molecule is COc1ccc(C(=O)N(C)C(C)C(=O)O)c(OC)c1. The van der Waals surface area contributed by atoms with Gasteiger partial charge in [-0.25, -0.2) is 4.79 Å². The average molecular weight is 267 g/mol. The molecule has 1 N–H and O–H groups in total. The molecule has 1 unspecified atom stereocenters. The van der Waals surface area contributed by atoms with Crippen LogP contribution in [0.1, 0.15) is 17.3 Å². The Morgan fingerprint density at radius 1 is 1.26 bits per heavy atom. The highest BCUT2D eigenvalue weighted by Crippen LogP contribution is 2.25. The minimum Gasteiger partial charge on any atom is -0.497 e. The summed E-state index contributed by atoms with van der Waals surface area (Å²) in [6, 6.07) is 3.83. The average Bonchev–Trinajstić information content (AvgIpc) is 2.43. The molecule has 0 aliphatic rings. The van der Waals surface area contributed by atoms with E-state index in [0.29, 0.717) is 17.1 Å². The molecular formula is C13H17NO5. The number of rotatable bonds is 5. The van der Waals surface area contributed by atoms with Crippen molar-refractivity contribution < 1.29 is 24.2 Å². The van der Waals surface area contributed by atoms with Crippen LogP contribution in [0.25, 0.3) is 0 Å². The first-order valence-electron chi connectivity index (χ1n) is 5.64. The van der Waals surface area contributed by atoms with E-state index in [1.165, 1.54) is 28.2 Å². The maximum Gasteiger partial charge on any atom is 0.326 e. The Labute approximate surface area is 111 Å². The molecule has 1 amide bonds. The number of carbonyl (C=O) groups excluding carboxylic acids is 1. The highest BCUT2D eigenvalue weighted by molar-refractivity contribution is 5.98. The van der Waals surface area contributed by atoms with Gasteiger partial charge < -0.3 is 19.5 Å². The molecule has 0 heterocycles. The number of hydrogen-bond acceptors (Lipinski definition) is 4. The summed E-state index contributed by atoms with van der Waals surface area (Å²) in [5.41, 5.74) is 0.291. The lowest BCUT2D eigenvalue weighted by molar-refractivity contribution is -0.141. The summed E-state index contributed by atoms with van der Waals surface area (Å²) in [6.45, 7) is 1.44. The Kier molecular flexibility index (Phi) is 4.74. The van der Waals surface area contributed by atoms with Crippen molar-refractivity contribution >= 4 is 11.9 Å². The van der Waals surface area contributed by atoms with E-state index in [2.05, 4.69) is 0 Å². The van der Waals surface area contributed by atoms with Crippen molar-refractivity contribution in [1.82, 2.24) is 4.90 Å². The number of nitrogens with zero attached hydrogens (tertiary/aromatic N) is 1. The summed E-state index contributed by atoms with van der Waals surface area (Å²) < 4.78 is 10.2. The molecule has 0 aromatic heterocycles. The second-order valence-electron chi connectivity index (χ2n) is 4.00. The van der Waals surface area contributed by atoms with Crippen LogP contribution in [-0.2, 0) is 4.79 Å². The molecule has 1 aromatic rings. The zero-order valence-electron chi connectivity index (χ0n) is 11.3. The van der Waals surface area contributed by atoms with Crippen molar-refractivity contribution in [2.45, 2.75) is 13.0 Å². The summed E-state index contributed by atoms with van der Waals surface area (Å²) >= 11 is 0. The summed E-state index contributed by atoms with van der Waals surface area (Å²) in [5.74, 6) is -0.589. The smallest absolute Gasteiger partial charge is 0.326 e. The topological polar surface area (TPSA) is 76.1 Å². The molecule has 19 heavy (non-hydrogen) atoms. The molecule has 0 fully saturated rings. The molecule has 0 aliphatic carbocycles. The molecule has 104 valence electrons. The quantitative estimate of drug-likeness (QED) is 0.868. The van der Waals surface area contributed by atoms with E-state index in [-0.39, 0.29) is 0 Å². The fourth-order valence-corrected chi connectivity index (χ4v) is 1.51. The standard InChI is InChI=1S/C13H17NO5/c1-8(13(16)17)14(2)12(15)10-6-5-9(18-3)7-11(10)19-4/h5-8H,1-4H3,(H,16,17). The molecule has 1 rings (SSSR count). The molecule has 6 heteroatoms. The van der Waals surface area contributed by atoms with Crippen LogP contribution in [0.15, 0.2) is 18.2 Å². The second-order valence-corrected chi connectivity index (χ2v) is 4.00. The van der Waals surface area contributed by atoms with Crippen molar-refractivity contribution in [3.8, 4) is 11.5 Å². The number of carboxylic acids is 1. The van der Waals surface area contributed by atoms with Crippen LogP contribution in [-0.4, -0.2) is 49.2 Å². The molecule has 0 bridgehead atoms. The van der Waals surface area contributed by atoms with Crippen molar-refractivity contribution in [2.75, 3.05) is 21.3 Å². The van der Waals surface area contributed by atoms with Gasteiger partial charge in [0.25, 0.3) is 5.91 Å². The van der Waals surface area contributed by atoms with E-state index in [1.54, 1.807) is 18.2 Å². The Balaban J connectivity index is 3.08.